The van der Waals surface area contributed by atoms with Crippen molar-refractivity contribution in [2.45, 2.75) is 43.8 Å². The summed E-state index contributed by atoms with van der Waals surface area (Å²) >= 11 is 3.95. The summed E-state index contributed by atoms with van der Waals surface area (Å²) in [5, 5.41) is 3.51. The highest BCUT2D eigenvalue weighted by atomic mass is 32.2. The van der Waals surface area contributed by atoms with Crippen molar-refractivity contribution in [1.82, 2.24) is 4.98 Å². The van der Waals surface area contributed by atoms with Crippen molar-refractivity contribution in [2.75, 3.05) is 12.9 Å². The van der Waals surface area contributed by atoms with Gasteiger partial charge < -0.3 is 4.74 Å². The van der Waals surface area contributed by atoms with Gasteiger partial charge >= 0.3 is 0 Å². The first-order valence-electron chi connectivity index (χ1n) is 7.87. The molecule has 0 spiro atoms. The Bertz CT molecular complexity index is 622. The molecule has 118 valence electrons. The molecule has 2 nitrogen and oxygen atoms in total. The summed E-state index contributed by atoms with van der Waals surface area (Å²) in [7, 11) is 1.70. The molecule has 1 aromatic heterocycles. The van der Waals surface area contributed by atoms with Crippen molar-refractivity contribution in [1.29, 1.82) is 0 Å². The molecule has 1 aromatic carbocycles. The zero-order chi connectivity index (χ0) is 15.6. The van der Waals surface area contributed by atoms with Crippen LogP contribution < -0.4 is 4.74 Å². The number of aromatic nitrogens is 1. The van der Waals surface area contributed by atoms with Crippen LogP contribution in [-0.4, -0.2) is 22.6 Å². The maximum absolute atomic E-state index is 5.22. The number of thioether (sulfide) groups is 1. The van der Waals surface area contributed by atoms with Crippen LogP contribution in [0.2, 0.25) is 0 Å². The third-order valence-corrected chi connectivity index (χ3v) is 7.20. The van der Waals surface area contributed by atoms with Gasteiger partial charge in [0.25, 0.3) is 0 Å². The highest BCUT2D eigenvalue weighted by Gasteiger charge is 2.33. The molecule has 0 bridgehead atoms. The van der Waals surface area contributed by atoms with Crippen LogP contribution in [0.15, 0.2) is 29.6 Å². The first-order chi connectivity index (χ1) is 10.6. The number of hydrogen-bond donors (Lipinski definition) is 0. The third-order valence-electron chi connectivity index (χ3n) is 4.60. The Labute approximate surface area is 141 Å². The number of thiazole rings is 1. The lowest BCUT2D eigenvalue weighted by Crippen LogP contribution is -2.27. The molecule has 0 aliphatic carbocycles. The topological polar surface area (TPSA) is 22.1 Å². The molecule has 2 aromatic rings. The van der Waals surface area contributed by atoms with Crippen molar-refractivity contribution in [2.24, 2.45) is 0 Å². The van der Waals surface area contributed by atoms with E-state index in [1.54, 1.807) is 7.11 Å². The fraction of sp³-hybridized carbons (Fsp3) is 0.500. The zero-order valence-corrected chi connectivity index (χ0v) is 15.1. The van der Waals surface area contributed by atoms with Crippen molar-refractivity contribution >= 4 is 23.1 Å². The van der Waals surface area contributed by atoms with Crippen LogP contribution in [0.25, 0.3) is 11.3 Å². The van der Waals surface area contributed by atoms with Crippen LogP contribution in [0.4, 0.5) is 0 Å². The average Bonchev–Trinajstić information content (AvgIpc) is 3.05. The van der Waals surface area contributed by atoms with Crippen LogP contribution in [-0.2, 0) is 0 Å². The van der Waals surface area contributed by atoms with E-state index in [9.17, 15) is 0 Å². The van der Waals surface area contributed by atoms with Gasteiger partial charge in [-0.15, -0.1) is 11.3 Å². The second-order valence-corrected chi connectivity index (χ2v) is 8.71. The normalized spacial score (nSPS) is 25.1. The Kier molecular flexibility index (Phi) is 4.79. The predicted octanol–water partition coefficient (Wildman–Crippen LogP) is 5.60. The summed E-state index contributed by atoms with van der Waals surface area (Å²) < 4.78 is 5.65. The van der Waals surface area contributed by atoms with Crippen molar-refractivity contribution < 1.29 is 4.74 Å². The molecule has 1 aliphatic rings. The van der Waals surface area contributed by atoms with Gasteiger partial charge in [0.2, 0.25) is 0 Å². The monoisotopic (exact) mass is 333 g/mol. The van der Waals surface area contributed by atoms with E-state index in [0.717, 1.165) is 11.4 Å². The number of nitrogens with zero attached hydrogens (tertiary/aromatic N) is 1. The van der Waals surface area contributed by atoms with Crippen molar-refractivity contribution in [3.63, 3.8) is 0 Å². The minimum atomic E-state index is 0.425. The summed E-state index contributed by atoms with van der Waals surface area (Å²) in [5.74, 6) is 2.78. The Morgan fingerprint density at radius 1 is 1.32 bits per heavy atom. The molecule has 22 heavy (non-hydrogen) atoms. The third kappa shape index (κ3) is 3.33. The quantitative estimate of drug-likeness (QED) is 0.727. The zero-order valence-electron chi connectivity index (χ0n) is 13.5. The maximum Gasteiger partial charge on any atom is 0.118 e. The lowest BCUT2D eigenvalue weighted by atomic mass is 9.91. The fourth-order valence-corrected chi connectivity index (χ4v) is 5.34. The molecule has 0 unspecified atom stereocenters. The molecular weight excluding hydrogens is 310 g/mol. The lowest BCUT2D eigenvalue weighted by molar-refractivity contribution is 0.415. The Balaban J connectivity index is 1.78. The van der Waals surface area contributed by atoms with E-state index in [0.29, 0.717) is 10.7 Å². The SMILES string of the molecule is CC[C@]1(C)C[C@@H](c2nc(-c3ccc(OC)cc3)cs2)CCS1. The van der Waals surface area contributed by atoms with E-state index in [-0.39, 0.29) is 0 Å². The minimum absolute atomic E-state index is 0.425. The number of hydrogen-bond acceptors (Lipinski definition) is 4. The molecule has 0 radical (unpaired) electrons. The number of rotatable bonds is 4. The van der Waals surface area contributed by atoms with E-state index in [4.69, 9.17) is 9.72 Å². The summed E-state index contributed by atoms with van der Waals surface area (Å²) in [5.41, 5.74) is 2.27. The molecule has 0 N–H and O–H groups in total. The second kappa shape index (κ2) is 6.63. The summed E-state index contributed by atoms with van der Waals surface area (Å²) in [6.45, 7) is 4.71. The van der Waals surface area contributed by atoms with Crippen LogP contribution in [0.1, 0.15) is 44.0 Å². The molecular formula is C18H23NOS2. The van der Waals surface area contributed by atoms with Gasteiger partial charge in [0.15, 0.2) is 0 Å². The summed E-state index contributed by atoms with van der Waals surface area (Å²) in [4.78, 5) is 4.93. The highest BCUT2D eigenvalue weighted by Crippen LogP contribution is 2.46. The first-order valence-corrected chi connectivity index (χ1v) is 9.74. The van der Waals surface area contributed by atoms with Gasteiger partial charge in [0.05, 0.1) is 17.8 Å². The van der Waals surface area contributed by atoms with Crippen LogP contribution in [0.3, 0.4) is 0 Å². The Morgan fingerprint density at radius 3 is 2.77 bits per heavy atom. The molecule has 4 heteroatoms. The first kappa shape index (κ1) is 15.9. The van der Waals surface area contributed by atoms with Gasteiger partial charge in [0.1, 0.15) is 5.75 Å². The minimum Gasteiger partial charge on any atom is -0.497 e. The van der Waals surface area contributed by atoms with Crippen LogP contribution in [0, 0.1) is 0 Å². The summed E-state index contributed by atoms with van der Waals surface area (Å²) in [6, 6.07) is 8.18. The standard InChI is InChI=1S/C18H23NOS2/c1-4-18(2)11-14(9-10-22-18)17-19-16(12-21-17)13-5-7-15(20-3)8-6-13/h5-8,12,14H,4,9-11H2,1-3H3/t14-,18+/m0/s1. The lowest BCUT2D eigenvalue weighted by Gasteiger charge is -2.36. The van der Waals surface area contributed by atoms with Gasteiger partial charge in [-0.05, 0) is 49.3 Å². The van der Waals surface area contributed by atoms with Gasteiger partial charge in [0, 0.05) is 21.6 Å². The van der Waals surface area contributed by atoms with E-state index < -0.39 is 0 Å². The Hall–Kier alpha value is -1.000. The van der Waals surface area contributed by atoms with Gasteiger partial charge in [-0.2, -0.15) is 11.8 Å². The highest BCUT2D eigenvalue weighted by molar-refractivity contribution is 8.00. The Morgan fingerprint density at radius 2 is 2.09 bits per heavy atom. The molecule has 0 saturated carbocycles. The van der Waals surface area contributed by atoms with E-state index in [1.807, 2.05) is 23.5 Å². The average molecular weight is 334 g/mol. The molecule has 2 heterocycles. The van der Waals surface area contributed by atoms with E-state index >= 15 is 0 Å². The van der Waals surface area contributed by atoms with Gasteiger partial charge in [-0.1, -0.05) is 13.8 Å². The van der Waals surface area contributed by atoms with E-state index in [2.05, 4.69) is 43.1 Å². The van der Waals surface area contributed by atoms with E-state index in [1.165, 1.54) is 35.6 Å². The molecule has 3 rings (SSSR count). The smallest absolute Gasteiger partial charge is 0.118 e. The molecule has 1 fully saturated rings. The van der Waals surface area contributed by atoms with Gasteiger partial charge in [-0.25, -0.2) is 4.98 Å². The van der Waals surface area contributed by atoms with Crippen LogP contribution >= 0.6 is 23.1 Å². The number of benzene rings is 1. The maximum atomic E-state index is 5.22. The van der Waals surface area contributed by atoms with Gasteiger partial charge in [-0.3, -0.25) is 0 Å². The van der Waals surface area contributed by atoms with Crippen molar-refractivity contribution in [3.05, 3.63) is 34.7 Å². The largest absolute Gasteiger partial charge is 0.497 e. The molecule has 1 aliphatic heterocycles. The van der Waals surface area contributed by atoms with Crippen molar-refractivity contribution in [3.8, 4) is 17.0 Å². The van der Waals surface area contributed by atoms with Crippen LogP contribution in [0.5, 0.6) is 5.75 Å². The molecule has 1 saturated heterocycles. The molecule has 2 atom stereocenters. The molecule has 0 amide bonds. The number of ether oxygens (including phenoxy) is 1. The number of methoxy groups -OCH3 is 1. The predicted molar refractivity (Wildman–Crippen MR) is 97.2 cm³/mol. The summed E-state index contributed by atoms with van der Waals surface area (Å²) in [6.07, 6.45) is 3.75. The fourth-order valence-electron chi connectivity index (χ4n) is 2.96. The second-order valence-electron chi connectivity index (χ2n) is 6.14.